The Hall–Kier alpha value is -0.930. The zero-order valence-electron chi connectivity index (χ0n) is 11.3. The van der Waals surface area contributed by atoms with E-state index in [2.05, 4.69) is 18.9 Å². The highest BCUT2D eigenvalue weighted by molar-refractivity contribution is 5.16. The number of halogens is 1. The zero-order chi connectivity index (χ0) is 13.2. The minimum Gasteiger partial charge on any atom is -0.329 e. The van der Waals surface area contributed by atoms with Gasteiger partial charge in [0, 0.05) is 18.6 Å². The van der Waals surface area contributed by atoms with Crippen LogP contribution in [0.1, 0.15) is 31.7 Å². The smallest absolute Gasteiger partial charge is 0.123 e. The van der Waals surface area contributed by atoms with Gasteiger partial charge >= 0.3 is 0 Å². The number of hydrogen-bond acceptors (Lipinski definition) is 2. The summed E-state index contributed by atoms with van der Waals surface area (Å²) in [4.78, 5) is 2.36. The first kappa shape index (κ1) is 13.5. The Labute approximate surface area is 109 Å². The van der Waals surface area contributed by atoms with Gasteiger partial charge in [-0.3, -0.25) is 4.90 Å². The van der Waals surface area contributed by atoms with E-state index >= 15 is 0 Å². The second-order valence-electron chi connectivity index (χ2n) is 5.58. The van der Waals surface area contributed by atoms with Gasteiger partial charge in [0.25, 0.3) is 0 Å². The Kier molecular flexibility index (Phi) is 4.03. The second-order valence-corrected chi connectivity index (χ2v) is 5.58. The number of rotatable bonds is 4. The molecular formula is C15H23FN2. The fourth-order valence-electron chi connectivity index (χ4n) is 3.28. The van der Waals surface area contributed by atoms with Gasteiger partial charge in [-0.25, -0.2) is 4.39 Å². The van der Waals surface area contributed by atoms with Crippen molar-refractivity contribution in [2.75, 3.05) is 13.6 Å². The lowest BCUT2D eigenvalue weighted by molar-refractivity contribution is 0.0841. The molecule has 1 aromatic carbocycles. The summed E-state index contributed by atoms with van der Waals surface area (Å²) in [6.07, 6.45) is 3.68. The van der Waals surface area contributed by atoms with Crippen LogP contribution in [0.2, 0.25) is 0 Å². The molecule has 100 valence electrons. The minimum absolute atomic E-state index is 0.119. The lowest BCUT2D eigenvalue weighted by Crippen LogP contribution is -2.53. The molecule has 0 radical (unpaired) electrons. The van der Waals surface area contributed by atoms with Crippen molar-refractivity contribution in [2.45, 2.75) is 38.3 Å². The van der Waals surface area contributed by atoms with Crippen molar-refractivity contribution >= 4 is 0 Å². The van der Waals surface area contributed by atoms with Gasteiger partial charge in [0.15, 0.2) is 0 Å². The molecule has 3 heteroatoms. The Morgan fingerprint density at radius 3 is 2.56 bits per heavy atom. The molecule has 0 bridgehead atoms. The third kappa shape index (κ3) is 2.43. The van der Waals surface area contributed by atoms with Gasteiger partial charge in [0.1, 0.15) is 5.82 Å². The monoisotopic (exact) mass is 250 g/mol. The first-order valence-electron chi connectivity index (χ1n) is 6.74. The molecule has 2 N–H and O–H groups in total. The Morgan fingerprint density at radius 1 is 1.39 bits per heavy atom. The third-order valence-electron chi connectivity index (χ3n) is 4.61. The summed E-state index contributed by atoms with van der Waals surface area (Å²) < 4.78 is 12.9. The van der Waals surface area contributed by atoms with Gasteiger partial charge in [0.2, 0.25) is 0 Å². The van der Waals surface area contributed by atoms with E-state index in [9.17, 15) is 4.39 Å². The fraction of sp³-hybridized carbons (Fsp3) is 0.600. The number of likely N-dealkylation sites (N-methyl/N-ethyl adjacent to an activating group) is 1. The quantitative estimate of drug-likeness (QED) is 0.890. The summed E-state index contributed by atoms with van der Waals surface area (Å²) in [5.74, 6) is 0.456. The van der Waals surface area contributed by atoms with Gasteiger partial charge in [-0.15, -0.1) is 0 Å². The van der Waals surface area contributed by atoms with Crippen LogP contribution in [-0.4, -0.2) is 24.0 Å². The normalized spacial score (nSPS) is 27.9. The van der Waals surface area contributed by atoms with Crippen LogP contribution in [0.5, 0.6) is 0 Å². The Morgan fingerprint density at radius 2 is 2.06 bits per heavy atom. The highest BCUT2D eigenvalue weighted by atomic mass is 19.1. The van der Waals surface area contributed by atoms with E-state index < -0.39 is 0 Å². The van der Waals surface area contributed by atoms with Crippen LogP contribution in [0.3, 0.4) is 0 Å². The van der Waals surface area contributed by atoms with Crippen molar-refractivity contribution in [3.63, 3.8) is 0 Å². The van der Waals surface area contributed by atoms with Gasteiger partial charge in [-0.1, -0.05) is 25.5 Å². The van der Waals surface area contributed by atoms with E-state index in [1.54, 1.807) is 0 Å². The van der Waals surface area contributed by atoms with Crippen LogP contribution in [0, 0.1) is 11.7 Å². The Balaban J connectivity index is 2.10. The molecule has 1 aliphatic carbocycles. The molecule has 2 unspecified atom stereocenters. The lowest BCUT2D eigenvalue weighted by atomic mass is 9.86. The molecule has 1 aromatic rings. The fourth-order valence-corrected chi connectivity index (χ4v) is 3.28. The average Bonchev–Trinajstić information content (AvgIpc) is 2.74. The van der Waals surface area contributed by atoms with Crippen molar-refractivity contribution in [1.29, 1.82) is 0 Å². The summed E-state index contributed by atoms with van der Waals surface area (Å²) in [5, 5.41) is 0. The van der Waals surface area contributed by atoms with E-state index in [4.69, 9.17) is 5.73 Å². The summed E-state index contributed by atoms with van der Waals surface area (Å²) >= 11 is 0. The molecule has 2 atom stereocenters. The number of nitrogens with zero attached hydrogens (tertiary/aromatic N) is 1. The van der Waals surface area contributed by atoms with Gasteiger partial charge in [-0.05, 0) is 43.5 Å². The SMILES string of the molecule is CC1CCCC1(CN)N(C)Cc1ccc(F)cc1. The third-order valence-corrected chi connectivity index (χ3v) is 4.61. The van der Waals surface area contributed by atoms with Crippen molar-refractivity contribution < 1.29 is 4.39 Å². The molecule has 0 saturated heterocycles. The molecule has 1 fully saturated rings. The van der Waals surface area contributed by atoms with E-state index in [1.807, 2.05) is 12.1 Å². The summed E-state index contributed by atoms with van der Waals surface area (Å²) in [7, 11) is 2.14. The maximum atomic E-state index is 12.9. The largest absolute Gasteiger partial charge is 0.329 e. The van der Waals surface area contributed by atoms with Crippen molar-refractivity contribution in [1.82, 2.24) is 4.90 Å². The summed E-state index contributed by atoms with van der Waals surface area (Å²) in [6.45, 7) is 3.83. The zero-order valence-corrected chi connectivity index (χ0v) is 11.3. The van der Waals surface area contributed by atoms with Gasteiger partial charge in [-0.2, -0.15) is 0 Å². The van der Waals surface area contributed by atoms with Crippen LogP contribution in [0.15, 0.2) is 24.3 Å². The minimum atomic E-state index is -0.177. The highest BCUT2D eigenvalue weighted by Crippen LogP contribution is 2.39. The molecule has 1 aliphatic rings. The van der Waals surface area contributed by atoms with Crippen LogP contribution in [0.25, 0.3) is 0 Å². The topological polar surface area (TPSA) is 29.3 Å². The van der Waals surface area contributed by atoms with Gasteiger partial charge in [0.05, 0.1) is 0 Å². The molecule has 2 nitrogen and oxygen atoms in total. The average molecular weight is 250 g/mol. The molecule has 0 aliphatic heterocycles. The van der Waals surface area contributed by atoms with Crippen molar-refractivity contribution in [3.8, 4) is 0 Å². The van der Waals surface area contributed by atoms with E-state index in [-0.39, 0.29) is 11.4 Å². The lowest BCUT2D eigenvalue weighted by Gasteiger charge is -2.42. The molecule has 0 amide bonds. The van der Waals surface area contributed by atoms with E-state index in [0.29, 0.717) is 12.5 Å². The maximum absolute atomic E-state index is 12.9. The van der Waals surface area contributed by atoms with Gasteiger partial charge < -0.3 is 5.73 Å². The molecular weight excluding hydrogens is 227 g/mol. The Bertz CT molecular complexity index is 390. The van der Waals surface area contributed by atoms with E-state index in [0.717, 1.165) is 12.1 Å². The van der Waals surface area contributed by atoms with Crippen molar-refractivity contribution in [3.05, 3.63) is 35.6 Å². The number of nitrogens with two attached hydrogens (primary N) is 1. The first-order valence-corrected chi connectivity index (χ1v) is 6.74. The predicted octanol–water partition coefficient (Wildman–Crippen LogP) is 2.78. The summed E-state index contributed by atoms with van der Waals surface area (Å²) in [5.41, 5.74) is 7.30. The van der Waals surface area contributed by atoms with Crippen LogP contribution in [0.4, 0.5) is 4.39 Å². The molecule has 0 aromatic heterocycles. The molecule has 1 saturated carbocycles. The summed E-state index contributed by atoms with van der Waals surface area (Å²) in [6, 6.07) is 6.76. The highest BCUT2D eigenvalue weighted by Gasteiger charge is 2.42. The first-order chi connectivity index (χ1) is 8.58. The molecule has 0 spiro atoms. The second kappa shape index (κ2) is 5.37. The number of benzene rings is 1. The number of hydrogen-bond donors (Lipinski definition) is 1. The molecule has 2 rings (SSSR count). The molecule has 18 heavy (non-hydrogen) atoms. The molecule has 0 heterocycles. The van der Waals surface area contributed by atoms with Crippen molar-refractivity contribution in [2.24, 2.45) is 11.7 Å². The predicted molar refractivity (Wildman–Crippen MR) is 72.7 cm³/mol. The standard InChI is InChI=1S/C15H23FN2/c1-12-4-3-9-15(12,11-17)18(2)10-13-5-7-14(16)8-6-13/h5-8,12H,3-4,9-11,17H2,1-2H3. The van der Waals surface area contributed by atoms with Crippen LogP contribution in [-0.2, 0) is 6.54 Å². The van der Waals surface area contributed by atoms with E-state index in [1.165, 1.54) is 31.4 Å². The van der Waals surface area contributed by atoms with Crippen LogP contribution < -0.4 is 5.73 Å². The maximum Gasteiger partial charge on any atom is 0.123 e. The van der Waals surface area contributed by atoms with Crippen LogP contribution >= 0.6 is 0 Å².